The summed E-state index contributed by atoms with van der Waals surface area (Å²) in [7, 11) is 0. The van der Waals surface area contributed by atoms with Crippen LogP contribution in [0.4, 0.5) is 0 Å². The van der Waals surface area contributed by atoms with E-state index < -0.39 is 0 Å². The summed E-state index contributed by atoms with van der Waals surface area (Å²) in [5, 5.41) is 0. The Morgan fingerprint density at radius 2 is 1.29 bits per heavy atom. The van der Waals surface area contributed by atoms with Crippen molar-refractivity contribution < 1.29 is 14.2 Å². The van der Waals surface area contributed by atoms with Crippen LogP contribution in [0.25, 0.3) is 11.1 Å². The Balaban J connectivity index is 2.10. The van der Waals surface area contributed by atoms with Crippen LogP contribution in [0, 0.1) is 17.8 Å². The van der Waals surface area contributed by atoms with Gasteiger partial charge in [0.05, 0.1) is 19.8 Å². The molecule has 0 aromatic heterocycles. The number of benzene rings is 2. The first kappa shape index (κ1) is 20.6. The van der Waals surface area contributed by atoms with Crippen molar-refractivity contribution in [1.29, 1.82) is 0 Å². The molecule has 1 aliphatic carbocycles. The van der Waals surface area contributed by atoms with Crippen LogP contribution in [0.2, 0.25) is 0 Å². The predicted octanol–water partition coefficient (Wildman–Crippen LogP) is 6.36. The summed E-state index contributed by atoms with van der Waals surface area (Å²) in [5.41, 5.74) is 5.04. The average molecular weight is 383 g/mol. The van der Waals surface area contributed by atoms with Crippen LogP contribution in [0.15, 0.2) is 30.3 Å². The van der Waals surface area contributed by atoms with Crippen LogP contribution >= 0.6 is 0 Å². The van der Waals surface area contributed by atoms with Gasteiger partial charge in [0, 0.05) is 12.0 Å². The van der Waals surface area contributed by atoms with Crippen LogP contribution in [-0.4, -0.2) is 19.8 Å². The van der Waals surface area contributed by atoms with Gasteiger partial charge in [0.15, 0.2) is 11.5 Å². The minimum atomic E-state index is 0.432. The first-order valence-electron chi connectivity index (χ1n) is 10.5. The fraction of sp³-hybridized carbons (Fsp3) is 0.520. The molecule has 0 saturated carbocycles. The normalized spacial score (nSPS) is 12.5. The lowest BCUT2D eigenvalue weighted by molar-refractivity contribution is 0.206. The third kappa shape index (κ3) is 4.63. The molecule has 0 fully saturated rings. The fourth-order valence-electron chi connectivity index (χ4n) is 3.35. The molecule has 2 aromatic rings. The number of hydrogen-bond donors (Lipinski definition) is 0. The molecule has 1 aliphatic rings. The lowest BCUT2D eigenvalue weighted by atomic mass is 10.0. The molecule has 0 unspecified atom stereocenters. The number of ether oxygens (including phenoxy) is 3. The van der Waals surface area contributed by atoms with Gasteiger partial charge >= 0.3 is 0 Å². The van der Waals surface area contributed by atoms with Gasteiger partial charge in [-0.2, -0.15) is 0 Å². The Labute approximate surface area is 170 Å². The number of fused-ring (bicyclic) bond motifs is 3. The number of hydrogen-bond acceptors (Lipinski definition) is 3. The second kappa shape index (κ2) is 8.89. The van der Waals surface area contributed by atoms with Crippen molar-refractivity contribution >= 4 is 0 Å². The van der Waals surface area contributed by atoms with E-state index in [-0.39, 0.29) is 0 Å². The molecule has 0 saturated heterocycles. The van der Waals surface area contributed by atoms with E-state index in [2.05, 4.69) is 71.9 Å². The summed E-state index contributed by atoms with van der Waals surface area (Å²) >= 11 is 0. The van der Waals surface area contributed by atoms with E-state index >= 15 is 0 Å². The molecule has 0 aliphatic heterocycles. The second-order valence-corrected chi connectivity index (χ2v) is 9.01. The van der Waals surface area contributed by atoms with Crippen molar-refractivity contribution in [3.63, 3.8) is 0 Å². The molecular formula is C25H34O3. The van der Waals surface area contributed by atoms with Crippen LogP contribution in [0.3, 0.4) is 0 Å². The van der Waals surface area contributed by atoms with Crippen molar-refractivity contribution in [2.24, 2.45) is 17.8 Å². The zero-order chi connectivity index (χ0) is 20.3. The Hall–Kier alpha value is -2.16. The highest BCUT2D eigenvalue weighted by Gasteiger charge is 2.28. The molecule has 0 amide bonds. The van der Waals surface area contributed by atoms with Crippen molar-refractivity contribution in [3.8, 4) is 28.4 Å². The molecule has 0 bridgehead atoms. The Morgan fingerprint density at radius 1 is 0.714 bits per heavy atom. The average Bonchev–Trinajstić information content (AvgIpc) is 3.00. The van der Waals surface area contributed by atoms with Gasteiger partial charge in [-0.25, -0.2) is 0 Å². The van der Waals surface area contributed by atoms with Gasteiger partial charge in [0.25, 0.3) is 0 Å². The Kier molecular flexibility index (Phi) is 6.53. The molecular weight excluding hydrogens is 348 g/mol. The van der Waals surface area contributed by atoms with Crippen LogP contribution in [-0.2, 0) is 6.42 Å². The standard InChI is InChI=1S/C25H34O3/c1-16(2)13-26-23-12-21-20-10-8-7-9-19(20)11-22(21)24(27-14-17(3)4)25(23)28-15-18(5)6/h7-10,12,16-18H,11,13-15H2,1-6H3. The zero-order valence-corrected chi connectivity index (χ0v) is 18.2. The van der Waals surface area contributed by atoms with Crippen LogP contribution in [0.1, 0.15) is 52.7 Å². The van der Waals surface area contributed by atoms with E-state index in [1.54, 1.807) is 0 Å². The second-order valence-electron chi connectivity index (χ2n) is 9.01. The van der Waals surface area contributed by atoms with Gasteiger partial charge in [-0.15, -0.1) is 0 Å². The first-order valence-corrected chi connectivity index (χ1v) is 10.5. The third-order valence-electron chi connectivity index (χ3n) is 4.67. The molecule has 0 spiro atoms. The molecule has 3 nitrogen and oxygen atoms in total. The molecule has 2 aromatic carbocycles. The maximum atomic E-state index is 6.35. The quantitative estimate of drug-likeness (QED) is 0.431. The molecule has 152 valence electrons. The summed E-state index contributed by atoms with van der Waals surface area (Å²) in [6, 6.07) is 10.7. The highest BCUT2D eigenvalue weighted by molar-refractivity contribution is 5.83. The van der Waals surface area contributed by atoms with Crippen molar-refractivity contribution in [3.05, 3.63) is 41.5 Å². The minimum absolute atomic E-state index is 0.432. The van der Waals surface area contributed by atoms with Crippen molar-refractivity contribution in [1.82, 2.24) is 0 Å². The third-order valence-corrected chi connectivity index (χ3v) is 4.67. The number of rotatable bonds is 9. The van der Waals surface area contributed by atoms with Crippen LogP contribution < -0.4 is 14.2 Å². The summed E-state index contributed by atoms with van der Waals surface area (Å²) in [6.45, 7) is 14.9. The summed E-state index contributed by atoms with van der Waals surface area (Å²) < 4.78 is 18.8. The SMILES string of the molecule is CC(C)COc1cc2c(c(OCC(C)C)c1OCC(C)C)Cc1ccccc1-2. The first-order chi connectivity index (χ1) is 13.4. The highest BCUT2D eigenvalue weighted by atomic mass is 16.5. The van der Waals surface area contributed by atoms with Gasteiger partial charge < -0.3 is 14.2 Å². The molecule has 0 radical (unpaired) electrons. The topological polar surface area (TPSA) is 27.7 Å². The summed E-state index contributed by atoms with van der Waals surface area (Å²) in [6.07, 6.45) is 0.876. The molecule has 0 atom stereocenters. The molecule has 0 heterocycles. The maximum absolute atomic E-state index is 6.35. The van der Waals surface area contributed by atoms with Gasteiger partial charge in [0.1, 0.15) is 0 Å². The Bertz CT molecular complexity index is 806. The van der Waals surface area contributed by atoms with Crippen molar-refractivity contribution in [2.45, 2.75) is 48.0 Å². The summed E-state index contributed by atoms with van der Waals surface area (Å²) in [4.78, 5) is 0. The zero-order valence-electron chi connectivity index (χ0n) is 18.2. The smallest absolute Gasteiger partial charge is 0.203 e. The molecule has 28 heavy (non-hydrogen) atoms. The maximum Gasteiger partial charge on any atom is 0.203 e. The Morgan fingerprint density at radius 3 is 1.93 bits per heavy atom. The van der Waals surface area contributed by atoms with E-state index in [9.17, 15) is 0 Å². The highest BCUT2D eigenvalue weighted by Crippen LogP contribution is 2.50. The van der Waals surface area contributed by atoms with E-state index in [0.717, 1.165) is 23.7 Å². The largest absolute Gasteiger partial charge is 0.489 e. The molecule has 0 N–H and O–H groups in total. The van der Waals surface area contributed by atoms with Gasteiger partial charge in [-0.05, 0) is 40.5 Å². The van der Waals surface area contributed by atoms with Gasteiger partial charge in [-0.3, -0.25) is 0 Å². The van der Waals surface area contributed by atoms with Gasteiger partial charge in [0.2, 0.25) is 5.75 Å². The van der Waals surface area contributed by atoms with Crippen molar-refractivity contribution in [2.75, 3.05) is 19.8 Å². The van der Waals surface area contributed by atoms with Gasteiger partial charge in [-0.1, -0.05) is 65.8 Å². The van der Waals surface area contributed by atoms with E-state index in [0.29, 0.717) is 37.6 Å². The van der Waals surface area contributed by atoms with E-state index in [1.807, 2.05) is 0 Å². The fourth-order valence-corrected chi connectivity index (χ4v) is 3.35. The minimum Gasteiger partial charge on any atom is -0.489 e. The lowest BCUT2D eigenvalue weighted by Gasteiger charge is -2.22. The van der Waals surface area contributed by atoms with Crippen LogP contribution in [0.5, 0.6) is 17.2 Å². The van der Waals surface area contributed by atoms with E-state index in [4.69, 9.17) is 14.2 Å². The van der Waals surface area contributed by atoms with E-state index in [1.165, 1.54) is 22.3 Å². The predicted molar refractivity (Wildman–Crippen MR) is 116 cm³/mol. The monoisotopic (exact) mass is 382 g/mol. The lowest BCUT2D eigenvalue weighted by Crippen LogP contribution is -2.13. The molecule has 3 heteroatoms. The molecule has 3 rings (SSSR count). The summed E-state index contributed by atoms with van der Waals surface area (Å²) in [5.74, 6) is 3.74.